The molecule has 0 saturated heterocycles. The fraction of sp³-hybridized carbons (Fsp3) is 0.318. The normalized spacial score (nSPS) is 12.2. The highest BCUT2D eigenvalue weighted by Crippen LogP contribution is 2.30. The summed E-state index contributed by atoms with van der Waals surface area (Å²) in [5, 5.41) is 4.67. The molecular formula is C22H26N2O2. The van der Waals surface area contributed by atoms with Crippen LogP contribution in [0.5, 0.6) is 5.75 Å². The number of ether oxygens (including phenoxy) is 2. The predicted molar refractivity (Wildman–Crippen MR) is 108 cm³/mol. The predicted octanol–water partition coefficient (Wildman–Crippen LogP) is 5.32. The highest BCUT2D eigenvalue weighted by atomic mass is 16.5. The monoisotopic (exact) mass is 350 g/mol. The number of rotatable bonds is 6. The maximum atomic E-state index is 5.82. The lowest BCUT2D eigenvalue weighted by Gasteiger charge is -2.15. The molecule has 0 aliphatic rings. The summed E-state index contributed by atoms with van der Waals surface area (Å²) in [6.45, 7) is 8.81. The first kappa shape index (κ1) is 18.2. The number of hydrogen-bond acceptors (Lipinski definition) is 4. The van der Waals surface area contributed by atoms with Crippen LogP contribution in [0.4, 0.5) is 11.4 Å². The molecule has 3 aromatic rings. The molecule has 0 aliphatic heterocycles. The number of nitrogens with one attached hydrogen (secondary N) is 1. The van der Waals surface area contributed by atoms with Gasteiger partial charge in [0, 0.05) is 29.6 Å². The van der Waals surface area contributed by atoms with E-state index in [9.17, 15) is 0 Å². The molecule has 0 saturated carbocycles. The van der Waals surface area contributed by atoms with Gasteiger partial charge < -0.3 is 14.8 Å². The highest BCUT2D eigenvalue weighted by molar-refractivity contribution is 5.95. The van der Waals surface area contributed by atoms with Crippen molar-refractivity contribution in [3.8, 4) is 5.75 Å². The fourth-order valence-electron chi connectivity index (χ4n) is 3.19. The van der Waals surface area contributed by atoms with Gasteiger partial charge in [-0.05, 0) is 69.7 Å². The van der Waals surface area contributed by atoms with Crippen molar-refractivity contribution in [2.75, 3.05) is 19.0 Å². The maximum Gasteiger partial charge on any atom is 0.119 e. The Morgan fingerprint density at radius 2 is 1.77 bits per heavy atom. The molecule has 0 amide bonds. The zero-order chi connectivity index (χ0) is 18.7. The number of methoxy groups -OCH3 is 1. The second-order valence-corrected chi connectivity index (χ2v) is 6.82. The van der Waals surface area contributed by atoms with Gasteiger partial charge in [0.25, 0.3) is 0 Å². The number of nitrogens with zero attached hydrogens (tertiary/aromatic N) is 1. The summed E-state index contributed by atoms with van der Waals surface area (Å²) in [6, 6.07) is 14.4. The molecule has 1 aromatic heterocycles. The van der Waals surface area contributed by atoms with Crippen LogP contribution in [0.15, 0.2) is 42.5 Å². The van der Waals surface area contributed by atoms with Gasteiger partial charge in [-0.25, -0.2) is 0 Å². The van der Waals surface area contributed by atoms with E-state index in [1.54, 1.807) is 7.11 Å². The van der Waals surface area contributed by atoms with E-state index >= 15 is 0 Å². The van der Waals surface area contributed by atoms with Gasteiger partial charge in [-0.3, -0.25) is 4.98 Å². The minimum atomic E-state index is 0.0246. The SMILES string of the molecule is COC[C@H](C)Oc1ccc(Nc2cc(C)nc3c(C)cc(C)cc23)cc1. The van der Waals surface area contributed by atoms with Crippen molar-refractivity contribution in [2.24, 2.45) is 0 Å². The zero-order valence-electron chi connectivity index (χ0n) is 16.1. The second-order valence-electron chi connectivity index (χ2n) is 6.82. The van der Waals surface area contributed by atoms with Crippen LogP contribution in [0.25, 0.3) is 10.9 Å². The lowest BCUT2D eigenvalue weighted by atomic mass is 10.0. The van der Waals surface area contributed by atoms with Crippen molar-refractivity contribution >= 4 is 22.3 Å². The molecule has 0 radical (unpaired) electrons. The Morgan fingerprint density at radius 3 is 2.46 bits per heavy atom. The Labute approximate surface area is 155 Å². The number of anilines is 2. The van der Waals surface area contributed by atoms with Crippen LogP contribution in [-0.4, -0.2) is 24.8 Å². The summed E-state index contributed by atoms with van der Waals surface area (Å²) in [4.78, 5) is 4.71. The van der Waals surface area contributed by atoms with Crippen LogP contribution in [-0.2, 0) is 4.74 Å². The van der Waals surface area contributed by atoms with Crippen LogP contribution < -0.4 is 10.1 Å². The third kappa shape index (κ3) is 4.14. The first-order chi connectivity index (χ1) is 12.5. The van der Waals surface area contributed by atoms with Gasteiger partial charge in [0.2, 0.25) is 0 Å². The summed E-state index contributed by atoms with van der Waals surface area (Å²) in [6.07, 6.45) is 0.0246. The molecule has 1 heterocycles. The van der Waals surface area contributed by atoms with Gasteiger partial charge in [0.1, 0.15) is 11.9 Å². The molecule has 0 spiro atoms. The van der Waals surface area contributed by atoms with Crippen molar-refractivity contribution in [2.45, 2.75) is 33.8 Å². The van der Waals surface area contributed by atoms with Crippen LogP contribution in [0.1, 0.15) is 23.7 Å². The Kier molecular flexibility index (Phi) is 5.43. The van der Waals surface area contributed by atoms with Gasteiger partial charge in [-0.2, -0.15) is 0 Å². The molecule has 4 heteroatoms. The fourth-order valence-corrected chi connectivity index (χ4v) is 3.19. The summed E-state index contributed by atoms with van der Waals surface area (Å²) < 4.78 is 10.9. The summed E-state index contributed by atoms with van der Waals surface area (Å²) in [5.74, 6) is 0.836. The number of aromatic nitrogens is 1. The molecule has 2 aromatic carbocycles. The Morgan fingerprint density at radius 1 is 1.04 bits per heavy atom. The van der Waals surface area contributed by atoms with E-state index in [-0.39, 0.29) is 6.10 Å². The van der Waals surface area contributed by atoms with E-state index in [0.717, 1.165) is 33.7 Å². The number of fused-ring (bicyclic) bond motifs is 1. The molecule has 0 aliphatic carbocycles. The van der Waals surface area contributed by atoms with Crippen LogP contribution in [0.3, 0.4) is 0 Å². The van der Waals surface area contributed by atoms with Crippen LogP contribution in [0, 0.1) is 20.8 Å². The van der Waals surface area contributed by atoms with E-state index in [0.29, 0.717) is 6.61 Å². The highest BCUT2D eigenvalue weighted by Gasteiger charge is 2.08. The van der Waals surface area contributed by atoms with Crippen molar-refractivity contribution in [3.63, 3.8) is 0 Å². The van der Waals surface area contributed by atoms with Gasteiger partial charge in [-0.15, -0.1) is 0 Å². The van der Waals surface area contributed by atoms with E-state index in [2.05, 4.69) is 37.4 Å². The Hall–Kier alpha value is -2.59. The minimum absolute atomic E-state index is 0.0246. The molecule has 1 N–H and O–H groups in total. The average Bonchev–Trinajstić information content (AvgIpc) is 2.58. The number of hydrogen-bond donors (Lipinski definition) is 1. The molecular weight excluding hydrogens is 324 g/mol. The van der Waals surface area contributed by atoms with E-state index < -0.39 is 0 Å². The van der Waals surface area contributed by atoms with Crippen molar-refractivity contribution < 1.29 is 9.47 Å². The van der Waals surface area contributed by atoms with Gasteiger partial charge >= 0.3 is 0 Å². The molecule has 3 rings (SSSR count). The first-order valence-electron chi connectivity index (χ1n) is 8.87. The van der Waals surface area contributed by atoms with Crippen LogP contribution in [0.2, 0.25) is 0 Å². The second kappa shape index (κ2) is 7.75. The third-order valence-corrected chi connectivity index (χ3v) is 4.25. The number of benzene rings is 2. The summed E-state index contributed by atoms with van der Waals surface area (Å²) >= 11 is 0. The lowest BCUT2D eigenvalue weighted by molar-refractivity contribution is 0.0921. The quantitative estimate of drug-likeness (QED) is 0.653. The molecule has 1 atom stereocenters. The smallest absolute Gasteiger partial charge is 0.119 e. The summed E-state index contributed by atoms with van der Waals surface area (Å²) in [7, 11) is 1.68. The number of aryl methyl sites for hydroxylation is 3. The van der Waals surface area contributed by atoms with Gasteiger partial charge in [-0.1, -0.05) is 11.6 Å². The minimum Gasteiger partial charge on any atom is -0.488 e. The van der Waals surface area contributed by atoms with E-state index in [1.165, 1.54) is 11.1 Å². The van der Waals surface area contributed by atoms with Crippen LogP contribution >= 0.6 is 0 Å². The third-order valence-electron chi connectivity index (χ3n) is 4.25. The average molecular weight is 350 g/mol. The molecule has 0 bridgehead atoms. The standard InChI is InChI=1S/C22H26N2O2/c1-14-10-15(2)22-20(11-14)21(12-16(3)23-22)24-18-6-8-19(9-7-18)26-17(4)13-25-5/h6-12,17H,13H2,1-5H3,(H,23,24)/t17-/m0/s1. The topological polar surface area (TPSA) is 43.4 Å². The van der Waals surface area contributed by atoms with E-state index in [4.69, 9.17) is 14.5 Å². The largest absolute Gasteiger partial charge is 0.488 e. The Balaban J connectivity index is 1.87. The lowest BCUT2D eigenvalue weighted by Crippen LogP contribution is -2.17. The van der Waals surface area contributed by atoms with Crippen molar-refractivity contribution in [1.29, 1.82) is 0 Å². The van der Waals surface area contributed by atoms with Crippen molar-refractivity contribution in [3.05, 3.63) is 59.3 Å². The molecule has 136 valence electrons. The summed E-state index contributed by atoms with van der Waals surface area (Å²) in [5.41, 5.74) is 6.57. The molecule has 0 unspecified atom stereocenters. The van der Waals surface area contributed by atoms with E-state index in [1.807, 2.05) is 38.1 Å². The zero-order valence-corrected chi connectivity index (χ0v) is 16.1. The van der Waals surface area contributed by atoms with Gasteiger partial charge in [0.05, 0.1) is 12.1 Å². The van der Waals surface area contributed by atoms with Crippen molar-refractivity contribution in [1.82, 2.24) is 4.98 Å². The molecule has 4 nitrogen and oxygen atoms in total. The molecule has 26 heavy (non-hydrogen) atoms. The van der Waals surface area contributed by atoms with Gasteiger partial charge in [0.15, 0.2) is 0 Å². The first-order valence-corrected chi connectivity index (χ1v) is 8.87. The maximum absolute atomic E-state index is 5.82. The number of pyridine rings is 1. The molecule has 0 fully saturated rings. The Bertz CT molecular complexity index is 904.